The third-order valence-corrected chi connectivity index (χ3v) is 9.66. The summed E-state index contributed by atoms with van der Waals surface area (Å²) in [7, 11) is 3.19. The number of nitrogens with one attached hydrogen (secondary N) is 1. The number of benzene rings is 2. The first-order chi connectivity index (χ1) is 12.4. The number of amides is 1. The summed E-state index contributed by atoms with van der Waals surface area (Å²) in [5.41, 5.74) is 0.432. The molecule has 1 amide bonds. The van der Waals surface area contributed by atoms with Crippen LogP contribution in [0.25, 0.3) is 0 Å². The van der Waals surface area contributed by atoms with E-state index >= 15 is 0 Å². The van der Waals surface area contributed by atoms with Crippen LogP contribution in [0.2, 0.25) is 0 Å². The molecule has 0 aromatic heterocycles. The quantitative estimate of drug-likeness (QED) is 0.609. The van der Waals surface area contributed by atoms with Crippen LogP contribution in [-0.2, 0) is 4.57 Å². The molecule has 5 nitrogen and oxygen atoms in total. The van der Waals surface area contributed by atoms with Gasteiger partial charge in [0.25, 0.3) is 12.6 Å². The number of carbonyl (C=O) groups excluding carboxylic acids is 1. The normalized spacial score (nSPS) is 14.3. The van der Waals surface area contributed by atoms with Gasteiger partial charge in [-0.1, -0.05) is 49.5 Å². The maximum absolute atomic E-state index is 13.2. The minimum Gasteiger partial charge on any atom is -0.457 e. The van der Waals surface area contributed by atoms with Gasteiger partial charge in [-0.3, -0.25) is 14.0 Å². The van der Waals surface area contributed by atoms with Crippen LogP contribution in [0.3, 0.4) is 0 Å². The molecule has 0 saturated carbocycles. The standard InChI is InChI=1S/C19H25N2O3PS/c1-5-15(2)26-25(23,20-3)21(4)19(22)16-10-9-13-18(14-16)24-17-11-7-6-8-12-17/h6-15H,5H2,1-4H3,(H,20,23). The first-order valence-corrected chi connectivity index (χ1v) is 11.6. The Kier molecular flexibility index (Phi) is 7.33. The molecule has 2 aromatic carbocycles. The highest BCUT2D eigenvalue weighted by Crippen LogP contribution is 2.59. The highest BCUT2D eigenvalue weighted by Gasteiger charge is 2.33. The Labute approximate surface area is 159 Å². The van der Waals surface area contributed by atoms with Crippen molar-refractivity contribution in [1.29, 1.82) is 0 Å². The first kappa shape index (κ1) is 20.6. The molecule has 0 fully saturated rings. The van der Waals surface area contributed by atoms with Crippen LogP contribution in [-0.4, -0.2) is 29.9 Å². The third kappa shape index (κ3) is 5.13. The van der Waals surface area contributed by atoms with Crippen LogP contribution in [0.15, 0.2) is 54.6 Å². The van der Waals surface area contributed by atoms with E-state index in [1.165, 1.54) is 16.1 Å². The summed E-state index contributed by atoms with van der Waals surface area (Å²) in [6.07, 6.45) is 0.874. The molecule has 0 aliphatic carbocycles. The van der Waals surface area contributed by atoms with Crippen molar-refractivity contribution in [2.24, 2.45) is 0 Å². The molecule has 0 radical (unpaired) electrons. The number of para-hydroxylation sites is 1. The van der Waals surface area contributed by atoms with Gasteiger partial charge >= 0.3 is 0 Å². The molecule has 7 heteroatoms. The number of nitrogens with zero attached hydrogens (tertiary/aromatic N) is 1. The van der Waals surface area contributed by atoms with Crippen molar-refractivity contribution >= 4 is 23.9 Å². The fourth-order valence-electron chi connectivity index (χ4n) is 2.22. The van der Waals surface area contributed by atoms with Gasteiger partial charge in [0.15, 0.2) is 0 Å². The lowest BCUT2D eigenvalue weighted by atomic mass is 10.2. The van der Waals surface area contributed by atoms with E-state index in [0.717, 1.165) is 6.42 Å². The number of ether oxygens (including phenoxy) is 1. The van der Waals surface area contributed by atoms with Gasteiger partial charge in [0.1, 0.15) is 11.5 Å². The van der Waals surface area contributed by atoms with Crippen LogP contribution in [0.1, 0.15) is 30.6 Å². The molecule has 140 valence electrons. The van der Waals surface area contributed by atoms with Crippen molar-refractivity contribution in [3.63, 3.8) is 0 Å². The Balaban J connectivity index is 2.20. The van der Waals surface area contributed by atoms with Crippen LogP contribution < -0.4 is 9.82 Å². The topological polar surface area (TPSA) is 58.6 Å². The Morgan fingerprint density at radius 3 is 2.46 bits per heavy atom. The Bertz CT molecular complexity index is 785. The van der Waals surface area contributed by atoms with E-state index in [0.29, 0.717) is 17.1 Å². The maximum Gasteiger partial charge on any atom is 0.294 e. The molecular formula is C19H25N2O3PS. The second-order valence-corrected chi connectivity index (χ2v) is 11.1. The van der Waals surface area contributed by atoms with Gasteiger partial charge in [0.05, 0.1) is 0 Å². The lowest BCUT2D eigenvalue weighted by Gasteiger charge is -2.29. The number of carbonyl (C=O) groups is 1. The SMILES string of the molecule is CCC(C)SP(=O)(NC)N(C)C(=O)c1cccc(Oc2ccccc2)c1. The van der Waals surface area contributed by atoms with E-state index in [2.05, 4.69) is 5.09 Å². The van der Waals surface area contributed by atoms with E-state index in [1.807, 2.05) is 44.2 Å². The summed E-state index contributed by atoms with van der Waals surface area (Å²) >= 11 is 1.30. The van der Waals surface area contributed by atoms with Crippen LogP contribution in [0.5, 0.6) is 11.5 Å². The number of rotatable bonds is 8. The van der Waals surface area contributed by atoms with Crippen molar-refractivity contribution in [3.05, 3.63) is 60.2 Å². The van der Waals surface area contributed by atoms with E-state index in [-0.39, 0.29) is 11.2 Å². The molecule has 2 aromatic rings. The predicted octanol–water partition coefficient (Wildman–Crippen LogP) is 5.41. The van der Waals surface area contributed by atoms with Gasteiger partial charge in [0, 0.05) is 17.9 Å². The zero-order valence-corrected chi connectivity index (χ0v) is 17.2. The molecule has 2 rings (SSSR count). The highest BCUT2D eigenvalue weighted by atomic mass is 32.7. The minimum absolute atomic E-state index is 0.177. The molecule has 0 heterocycles. The molecule has 2 atom stereocenters. The molecule has 0 spiro atoms. The summed E-state index contributed by atoms with van der Waals surface area (Å²) in [5, 5.41) is 3.02. The van der Waals surface area contributed by atoms with E-state index < -0.39 is 6.65 Å². The first-order valence-electron chi connectivity index (χ1n) is 8.48. The highest BCUT2D eigenvalue weighted by molar-refractivity contribution is 8.57. The van der Waals surface area contributed by atoms with Crippen LogP contribution in [0, 0.1) is 0 Å². The van der Waals surface area contributed by atoms with Crippen LogP contribution >= 0.6 is 18.0 Å². The average molecular weight is 392 g/mol. The van der Waals surface area contributed by atoms with Gasteiger partial charge in [0.2, 0.25) is 0 Å². The van der Waals surface area contributed by atoms with Crippen molar-refractivity contribution < 1.29 is 14.1 Å². The molecule has 2 unspecified atom stereocenters. The van der Waals surface area contributed by atoms with Gasteiger partial charge in [-0.25, -0.2) is 5.09 Å². The smallest absolute Gasteiger partial charge is 0.294 e. The predicted molar refractivity (Wildman–Crippen MR) is 109 cm³/mol. The lowest BCUT2D eigenvalue weighted by Crippen LogP contribution is -2.28. The van der Waals surface area contributed by atoms with Crippen molar-refractivity contribution in [2.75, 3.05) is 14.1 Å². The fourth-order valence-corrected chi connectivity index (χ4v) is 6.63. The minimum atomic E-state index is -3.06. The summed E-state index contributed by atoms with van der Waals surface area (Å²) < 4.78 is 20.3. The summed E-state index contributed by atoms with van der Waals surface area (Å²) in [4.78, 5) is 12.9. The lowest BCUT2D eigenvalue weighted by molar-refractivity contribution is 0.0881. The second-order valence-electron chi connectivity index (χ2n) is 5.84. The number of hydrogen-bond acceptors (Lipinski definition) is 4. The van der Waals surface area contributed by atoms with Crippen molar-refractivity contribution in [3.8, 4) is 11.5 Å². The average Bonchev–Trinajstić information content (AvgIpc) is 2.67. The molecule has 0 aliphatic heterocycles. The molecule has 26 heavy (non-hydrogen) atoms. The Morgan fingerprint density at radius 1 is 1.19 bits per heavy atom. The molecule has 0 saturated heterocycles. The van der Waals surface area contributed by atoms with Crippen molar-refractivity contribution in [1.82, 2.24) is 9.76 Å². The van der Waals surface area contributed by atoms with Gasteiger partial charge in [-0.05, 0) is 43.8 Å². The Hall–Kier alpha value is -1.75. The summed E-state index contributed by atoms with van der Waals surface area (Å²) in [5.74, 6) is 0.944. The molecule has 0 bridgehead atoms. The van der Waals surface area contributed by atoms with E-state index in [9.17, 15) is 9.36 Å². The van der Waals surface area contributed by atoms with Gasteiger partial charge < -0.3 is 4.74 Å². The van der Waals surface area contributed by atoms with E-state index in [4.69, 9.17) is 4.74 Å². The third-order valence-electron chi connectivity index (χ3n) is 3.93. The molecule has 1 N–H and O–H groups in total. The molecule has 0 aliphatic rings. The number of hydrogen-bond donors (Lipinski definition) is 1. The summed E-state index contributed by atoms with van der Waals surface area (Å²) in [6, 6.07) is 16.3. The van der Waals surface area contributed by atoms with Gasteiger partial charge in [-0.2, -0.15) is 0 Å². The Morgan fingerprint density at radius 2 is 1.85 bits per heavy atom. The molecular weight excluding hydrogens is 367 g/mol. The fraction of sp³-hybridized carbons (Fsp3) is 0.316. The monoisotopic (exact) mass is 392 g/mol. The second kappa shape index (κ2) is 9.26. The zero-order valence-electron chi connectivity index (χ0n) is 15.5. The largest absolute Gasteiger partial charge is 0.457 e. The van der Waals surface area contributed by atoms with Crippen LogP contribution in [0.4, 0.5) is 0 Å². The van der Waals surface area contributed by atoms with Crippen molar-refractivity contribution in [2.45, 2.75) is 25.5 Å². The maximum atomic E-state index is 13.2. The summed E-state index contributed by atoms with van der Waals surface area (Å²) in [6.45, 7) is 0.975. The van der Waals surface area contributed by atoms with Gasteiger partial charge in [-0.15, -0.1) is 0 Å². The van der Waals surface area contributed by atoms with E-state index in [1.54, 1.807) is 38.4 Å². The zero-order chi connectivity index (χ0) is 19.2.